The number of nitrogens with zero attached hydrogens (tertiary/aromatic N) is 1. The number of benzene rings is 1. The van der Waals surface area contributed by atoms with Crippen molar-refractivity contribution in [3.63, 3.8) is 0 Å². The minimum absolute atomic E-state index is 0. The van der Waals surface area contributed by atoms with Crippen LogP contribution in [0.2, 0.25) is 0 Å². The van der Waals surface area contributed by atoms with E-state index in [9.17, 15) is 5.11 Å². The fraction of sp³-hybridized carbons (Fsp3) is 0.778. The van der Waals surface area contributed by atoms with Crippen LogP contribution in [0.15, 0.2) is 30.3 Å². The highest BCUT2D eigenvalue weighted by molar-refractivity contribution is 8.93. The van der Waals surface area contributed by atoms with Crippen LogP contribution in [0, 0.1) is 0 Å². The van der Waals surface area contributed by atoms with Gasteiger partial charge in [-0.2, -0.15) is 0 Å². The number of rotatable bonds is 19. The molecule has 0 aliphatic carbocycles. The lowest BCUT2D eigenvalue weighted by atomic mass is 9.81. The van der Waals surface area contributed by atoms with Gasteiger partial charge in [0.15, 0.2) is 0 Å². The van der Waals surface area contributed by atoms with Crippen LogP contribution in [0.3, 0.4) is 0 Å². The smallest absolute Gasteiger partial charge is 0.0476 e. The second kappa shape index (κ2) is 19.3. The molecule has 0 aliphatic heterocycles. The zero-order valence-electron chi connectivity index (χ0n) is 20.2. The average Bonchev–Trinajstić information content (AvgIpc) is 2.73. The quantitative estimate of drug-likeness (QED) is 0.200. The molecule has 0 amide bonds. The Morgan fingerprint density at radius 1 is 0.667 bits per heavy atom. The molecule has 0 bridgehead atoms. The van der Waals surface area contributed by atoms with Crippen molar-refractivity contribution in [3.05, 3.63) is 35.9 Å². The lowest BCUT2D eigenvalue weighted by Gasteiger charge is -2.40. The largest absolute Gasteiger partial charge is 0.396 e. The summed E-state index contributed by atoms with van der Waals surface area (Å²) in [6.07, 6.45) is 21.5. The van der Waals surface area contributed by atoms with Gasteiger partial charge in [0.2, 0.25) is 0 Å². The predicted octanol–water partition coefficient (Wildman–Crippen LogP) is 8.28. The molecule has 0 aromatic heterocycles. The maximum absolute atomic E-state index is 9.70. The molecular formula is C27H50BrNO. The van der Waals surface area contributed by atoms with Gasteiger partial charge in [-0.1, -0.05) is 127 Å². The Morgan fingerprint density at radius 2 is 1.10 bits per heavy atom. The zero-order valence-corrected chi connectivity index (χ0v) is 21.9. The molecule has 1 rings (SSSR count). The average molecular weight is 485 g/mol. The monoisotopic (exact) mass is 483 g/mol. The van der Waals surface area contributed by atoms with E-state index in [0.717, 1.165) is 12.8 Å². The number of hydrogen-bond donors (Lipinski definition) is 1. The first-order chi connectivity index (χ1) is 14.2. The van der Waals surface area contributed by atoms with Crippen molar-refractivity contribution in [2.75, 3.05) is 20.7 Å². The van der Waals surface area contributed by atoms with Crippen molar-refractivity contribution in [1.29, 1.82) is 0 Å². The van der Waals surface area contributed by atoms with E-state index in [0.29, 0.717) is 0 Å². The van der Waals surface area contributed by atoms with Crippen LogP contribution in [-0.2, 0) is 5.54 Å². The van der Waals surface area contributed by atoms with Crippen LogP contribution in [-0.4, -0.2) is 30.7 Å². The van der Waals surface area contributed by atoms with Crippen LogP contribution >= 0.6 is 17.0 Å². The van der Waals surface area contributed by atoms with Crippen molar-refractivity contribution in [1.82, 2.24) is 4.90 Å². The molecular weight excluding hydrogens is 434 g/mol. The minimum Gasteiger partial charge on any atom is -0.396 e. The number of unbranched alkanes of at least 4 members (excludes halogenated alkanes) is 13. The molecule has 176 valence electrons. The van der Waals surface area contributed by atoms with Gasteiger partial charge in [-0.15, -0.1) is 17.0 Å². The van der Waals surface area contributed by atoms with Gasteiger partial charge in [-0.25, -0.2) is 0 Å². The van der Waals surface area contributed by atoms with E-state index >= 15 is 0 Å². The molecule has 1 N–H and O–H groups in total. The fourth-order valence-electron chi connectivity index (χ4n) is 4.66. The van der Waals surface area contributed by atoms with E-state index in [1.165, 1.54) is 95.5 Å². The first-order valence-electron chi connectivity index (χ1n) is 12.5. The Labute approximate surface area is 198 Å². The van der Waals surface area contributed by atoms with Gasteiger partial charge in [-0.3, -0.25) is 4.90 Å². The molecule has 1 aromatic rings. The standard InChI is InChI=1S/C27H49NO.BrH/c1-4-5-6-7-8-9-10-11-12-13-14-15-16-20-23-27(24-25-29,28(2)3)26-21-18-17-19-22-26;/h17-19,21-22,29H,4-16,20,23-25H2,1-3H3;1H. The SMILES string of the molecule is Br.CCCCCCCCCCCCCCCCC(CCO)(c1ccccc1)N(C)C. The van der Waals surface area contributed by atoms with Crippen LogP contribution in [0.4, 0.5) is 0 Å². The summed E-state index contributed by atoms with van der Waals surface area (Å²) in [5.41, 5.74) is 1.31. The van der Waals surface area contributed by atoms with Gasteiger partial charge in [0.05, 0.1) is 0 Å². The summed E-state index contributed by atoms with van der Waals surface area (Å²) in [4.78, 5) is 2.32. The first kappa shape index (κ1) is 29.6. The second-order valence-electron chi connectivity index (χ2n) is 9.11. The summed E-state index contributed by atoms with van der Waals surface area (Å²) in [6, 6.07) is 10.8. The molecule has 1 unspecified atom stereocenters. The second-order valence-corrected chi connectivity index (χ2v) is 9.11. The third-order valence-corrected chi connectivity index (χ3v) is 6.64. The summed E-state index contributed by atoms with van der Waals surface area (Å²) in [6.45, 7) is 2.53. The maximum atomic E-state index is 9.70. The van der Waals surface area contributed by atoms with Crippen LogP contribution in [0.1, 0.15) is 115 Å². The molecule has 0 aliphatic rings. The lowest BCUT2D eigenvalue weighted by Crippen LogP contribution is -2.42. The molecule has 0 saturated carbocycles. The number of aliphatic hydroxyl groups excluding tert-OH is 1. The molecule has 2 nitrogen and oxygen atoms in total. The molecule has 1 atom stereocenters. The van der Waals surface area contributed by atoms with Gasteiger partial charge in [0.1, 0.15) is 0 Å². The minimum atomic E-state index is -0.0346. The van der Waals surface area contributed by atoms with E-state index < -0.39 is 0 Å². The molecule has 0 saturated heterocycles. The van der Waals surface area contributed by atoms with E-state index in [2.05, 4.69) is 56.3 Å². The first-order valence-corrected chi connectivity index (χ1v) is 12.5. The van der Waals surface area contributed by atoms with Gasteiger partial charge in [0, 0.05) is 12.1 Å². The molecule has 0 heterocycles. The van der Waals surface area contributed by atoms with Gasteiger partial charge in [-0.05, 0) is 32.5 Å². The summed E-state index contributed by atoms with van der Waals surface area (Å²) in [5, 5.41) is 9.70. The van der Waals surface area contributed by atoms with E-state index in [1.54, 1.807) is 0 Å². The van der Waals surface area contributed by atoms with Gasteiger partial charge >= 0.3 is 0 Å². The maximum Gasteiger partial charge on any atom is 0.0476 e. The summed E-state index contributed by atoms with van der Waals surface area (Å²) in [7, 11) is 4.32. The lowest BCUT2D eigenvalue weighted by molar-refractivity contribution is 0.0934. The van der Waals surface area contributed by atoms with Crippen molar-refractivity contribution in [3.8, 4) is 0 Å². The molecule has 30 heavy (non-hydrogen) atoms. The van der Waals surface area contributed by atoms with E-state index in [1.807, 2.05) is 0 Å². The normalized spacial score (nSPS) is 13.2. The number of hydrogen-bond acceptors (Lipinski definition) is 2. The molecule has 1 aromatic carbocycles. The van der Waals surface area contributed by atoms with Gasteiger partial charge in [0.25, 0.3) is 0 Å². The Morgan fingerprint density at radius 3 is 1.50 bits per heavy atom. The zero-order chi connectivity index (χ0) is 21.2. The van der Waals surface area contributed by atoms with Crippen LogP contribution in [0.25, 0.3) is 0 Å². The fourth-order valence-corrected chi connectivity index (χ4v) is 4.66. The summed E-state index contributed by atoms with van der Waals surface area (Å²) < 4.78 is 0. The Kier molecular flexibility index (Phi) is 19.1. The van der Waals surface area contributed by atoms with Crippen molar-refractivity contribution < 1.29 is 5.11 Å². The van der Waals surface area contributed by atoms with Crippen molar-refractivity contribution in [2.45, 2.75) is 115 Å². The highest BCUT2D eigenvalue weighted by atomic mass is 79.9. The third kappa shape index (κ3) is 11.9. The van der Waals surface area contributed by atoms with Crippen molar-refractivity contribution >= 4 is 17.0 Å². The molecule has 0 radical (unpaired) electrons. The highest BCUT2D eigenvalue weighted by Crippen LogP contribution is 2.35. The predicted molar refractivity (Wildman–Crippen MR) is 139 cm³/mol. The molecule has 3 heteroatoms. The van der Waals surface area contributed by atoms with Crippen LogP contribution in [0.5, 0.6) is 0 Å². The Bertz CT molecular complexity index is 479. The topological polar surface area (TPSA) is 23.5 Å². The van der Waals surface area contributed by atoms with E-state index in [4.69, 9.17) is 0 Å². The summed E-state index contributed by atoms with van der Waals surface area (Å²) >= 11 is 0. The highest BCUT2D eigenvalue weighted by Gasteiger charge is 2.33. The molecule has 0 spiro atoms. The number of aliphatic hydroxyl groups is 1. The number of halogens is 1. The van der Waals surface area contributed by atoms with E-state index in [-0.39, 0.29) is 29.1 Å². The van der Waals surface area contributed by atoms with Gasteiger partial charge < -0.3 is 5.11 Å². The van der Waals surface area contributed by atoms with Crippen LogP contribution < -0.4 is 0 Å². The Hall–Kier alpha value is -0.380. The third-order valence-electron chi connectivity index (χ3n) is 6.64. The summed E-state index contributed by atoms with van der Waals surface area (Å²) in [5.74, 6) is 0. The van der Waals surface area contributed by atoms with Crippen molar-refractivity contribution in [2.24, 2.45) is 0 Å². The molecule has 0 fully saturated rings. The Balaban J connectivity index is 0.00000841.